The molecule has 1 heterocycles. The highest BCUT2D eigenvalue weighted by Crippen LogP contribution is 2.27. The van der Waals surface area contributed by atoms with E-state index in [2.05, 4.69) is 29.4 Å². The van der Waals surface area contributed by atoms with Gasteiger partial charge < -0.3 is 15.0 Å². The average molecular weight is 234 g/mol. The SMILES string of the molecule is COc1ccccc1N(C)CCC1CCNC1. The van der Waals surface area contributed by atoms with Gasteiger partial charge in [-0.15, -0.1) is 0 Å². The van der Waals surface area contributed by atoms with Crippen molar-refractivity contribution in [1.29, 1.82) is 0 Å². The second-order valence-electron chi connectivity index (χ2n) is 4.74. The Bertz CT molecular complexity index is 348. The van der Waals surface area contributed by atoms with Gasteiger partial charge in [0, 0.05) is 13.6 Å². The molecule has 1 N–H and O–H groups in total. The molecule has 0 bridgehead atoms. The molecule has 0 radical (unpaired) electrons. The Balaban J connectivity index is 1.91. The van der Waals surface area contributed by atoms with Crippen molar-refractivity contribution in [2.45, 2.75) is 12.8 Å². The third-order valence-corrected chi connectivity index (χ3v) is 3.53. The monoisotopic (exact) mass is 234 g/mol. The third kappa shape index (κ3) is 3.13. The molecule has 17 heavy (non-hydrogen) atoms. The summed E-state index contributed by atoms with van der Waals surface area (Å²) in [5, 5.41) is 3.42. The number of para-hydroxylation sites is 2. The number of ether oxygens (including phenoxy) is 1. The van der Waals surface area contributed by atoms with Crippen molar-refractivity contribution in [1.82, 2.24) is 5.32 Å². The molecule has 1 aromatic rings. The Morgan fingerprint density at radius 2 is 2.24 bits per heavy atom. The minimum atomic E-state index is 0.840. The summed E-state index contributed by atoms with van der Waals surface area (Å²) in [6, 6.07) is 8.21. The molecule has 0 saturated carbocycles. The smallest absolute Gasteiger partial charge is 0.142 e. The van der Waals surface area contributed by atoms with Crippen molar-refractivity contribution in [2.24, 2.45) is 5.92 Å². The minimum Gasteiger partial charge on any atom is -0.495 e. The summed E-state index contributed by atoms with van der Waals surface area (Å²) in [6.45, 7) is 3.45. The number of anilines is 1. The first-order valence-corrected chi connectivity index (χ1v) is 6.36. The Hall–Kier alpha value is -1.22. The summed E-state index contributed by atoms with van der Waals surface area (Å²) in [4.78, 5) is 2.29. The maximum atomic E-state index is 5.38. The zero-order chi connectivity index (χ0) is 12.1. The third-order valence-electron chi connectivity index (χ3n) is 3.53. The summed E-state index contributed by atoms with van der Waals surface area (Å²) in [7, 11) is 3.87. The van der Waals surface area contributed by atoms with Gasteiger partial charge in [-0.05, 0) is 44.0 Å². The van der Waals surface area contributed by atoms with E-state index < -0.39 is 0 Å². The van der Waals surface area contributed by atoms with Crippen LogP contribution in [0.25, 0.3) is 0 Å². The van der Waals surface area contributed by atoms with Crippen molar-refractivity contribution < 1.29 is 4.74 Å². The molecule has 0 amide bonds. The summed E-state index contributed by atoms with van der Waals surface area (Å²) < 4.78 is 5.38. The Labute approximate surface area is 104 Å². The second-order valence-corrected chi connectivity index (χ2v) is 4.74. The molecule has 3 nitrogen and oxygen atoms in total. The normalized spacial score (nSPS) is 19.3. The molecule has 0 aliphatic carbocycles. The highest BCUT2D eigenvalue weighted by atomic mass is 16.5. The van der Waals surface area contributed by atoms with Crippen LogP contribution in [0.1, 0.15) is 12.8 Å². The van der Waals surface area contributed by atoms with Crippen LogP contribution in [0, 0.1) is 5.92 Å². The van der Waals surface area contributed by atoms with E-state index in [-0.39, 0.29) is 0 Å². The van der Waals surface area contributed by atoms with Crippen LogP contribution in [0.3, 0.4) is 0 Å². The molecule has 2 rings (SSSR count). The number of rotatable bonds is 5. The van der Waals surface area contributed by atoms with E-state index in [0.717, 1.165) is 18.2 Å². The van der Waals surface area contributed by atoms with Crippen molar-refractivity contribution in [2.75, 3.05) is 38.7 Å². The highest BCUT2D eigenvalue weighted by molar-refractivity contribution is 5.57. The Kier molecular flexibility index (Phi) is 4.26. The van der Waals surface area contributed by atoms with Gasteiger partial charge in [0.1, 0.15) is 5.75 Å². The predicted octanol–water partition coefficient (Wildman–Crippen LogP) is 2.13. The van der Waals surface area contributed by atoms with E-state index in [1.54, 1.807) is 7.11 Å². The van der Waals surface area contributed by atoms with Gasteiger partial charge in [0.05, 0.1) is 12.8 Å². The molecule has 1 aliphatic rings. The number of nitrogens with zero attached hydrogens (tertiary/aromatic N) is 1. The predicted molar refractivity (Wildman–Crippen MR) is 71.9 cm³/mol. The van der Waals surface area contributed by atoms with Gasteiger partial charge in [0.15, 0.2) is 0 Å². The largest absolute Gasteiger partial charge is 0.495 e. The summed E-state index contributed by atoms with van der Waals surface area (Å²) in [5.41, 5.74) is 1.18. The van der Waals surface area contributed by atoms with Crippen LogP contribution < -0.4 is 15.0 Å². The first-order chi connectivity index (χ1) is 8.31. The molecular weight excluding hydrogens is 212 g/mol. The quantitative estimate of drug-likeness (QED) is 0.844. The molecule has 0 aromatic heterocycles. The lowest BCUT2D eigenvalue weighted by Crippen LogP contribution is -2.22. The van der Waals surface area contributed by atoms with Gasteiger partial charge in [-0.3, -0.25) is 0 Å². The fourth-order valence-corrected chi connectivity index (χ4v) is 2.40. The van der Waals surface area contributed by atoms with Crippen molar-refractivity contribution >= 4 is 5.69 Å². The lowest BCUT2D eigenvalue weighted by molar-refractivity contribution is 0.414. The van der Waals surface area contributed by atoms with E-state index in [4.69, 9.17) is 4.74 Å². The van der Waals surface area contributed by atoms with E-state index >= 15 is 0 Å². The number of hydrogen-bond acceptors (Lipinski definition) is 3. The average Bonchev–Trinajstić information content (AvgIpc) is 2.89. The highest BCUT2D eigenvalue weighted by Gasteiger charge is 2.15. The fourth-order valence-electron chi connectivity index (χ4n) is 2.40. The van der Waals surface area contributed by atoms with E-state index in [1.807, 2.05) is 12.1 Å². The maximum absolute atomic E-state index is 5.38. The first-order valence-electron chi connectivity index (χ1n) is 6.36. The van der Waals surface area contributed by atoms with Crippen LogP contribution in [0.2, 0.25) is 0 Å². The van der Waals surface area contributed by atoms with Crippen LogP contribution in [0.15, 0.2) is 24.3 Å². The Morgan fingerprint density at radius 1 is 1.41 bits per heavy atom. The minimum absolute atomic E-state index is 0.840. The van der Waals surface area contributed by atoms with Gasteiger partial charge in [-0.1, -0.05) is 12.1 Å². The van der Waals surface area contributed by atoms with Crippen molar-refractivity contribution in [3.8, 4) is 5.75 Å². The fraction of sp³-hybridized carbons (Fsp3) is 0.571. The molecule has 1 unspecified atom stereocenters. The van der Waals surface area contributed by atoms with Crippen molar-refractivity contribution in [3.05, 3.63) is 24.3 Å². The molecule has 0 spiro atoms. The Morgan fingerprint density at radius 3 is 2.94 bits per heavy atom. The van der Waals surface area contributed by atoms with Crippen LogP contribution >= 0.6 is 0 Å². The van der Waals surface area contributed by atoms with Crippen molar-refractivity contribution in [3.63, 3.8) is 0 Å². The zero-order valence-electron chi connectivity index (χ0n) is 10.8. The summed E-state index contributed by atoms with van der Waals surface area (Å²) >= 11 is 0. The molecular formula is C14H22N2O. The van der Waals surface area contributed by atoms with Crippen LogP contribution in [0.4, 0.5) is 5.69 Å². The lowest BCUT2D eigenvalue weighted by Gasteiger charge is -2.23. The lowest BCUT2D eigenvalue weighted by atomic mass is 10.0. The zero-order valence-corrected chi connectivity index (χ0v) is 10.8. The number of benzene rings is 1. The van der Waals surface area contributed by atoms with Crippen LogP contribution in [-0.2, 0) is 0 Å². The van der Waals surface area contributed by atoms with Gasteiger partial charge in [-0.25, -0.2) is 0 Å². The molecule has 1 saturated heterocycles. The second kappa shape index (κ2) is 5.92. The molecule has 1 aliphatic heterocycles. The summed E-state index contributed by atoms with van der Waals surface area (Å²) in [5.74, 6) is 1.80. The van der Waals surface area contributed by atoms with E-state index in [9.17, 15) is 0 Å². The van der Waals surface area contributed by atoms with E-state index in [0.29, 0.717) is 0 Å². The van der Waals surface area contributed by atoms with E-state index in [1.165, 1.54) is 31.6 Å². The number of methoxy groups -OCH3 is 1. The molecule has 1 atom stereocenters. The van der Waals surface area contributed by atoms with Gasteiger partial charge in [-0.2, -0.15) is 0 Å². The topological polar surface area (TPSA) is 24.5 Å². The van der Waals surface area contributed by atoms with Gasteiger partial charge in [0.25, 0.3) is 0 Å². The maximum Gasteiger partial charge on any atom is 0.142 e. The van der Waals surface area contributed by atoms with Gasteiger partial charge in [0.2, 0.25) is 0 Å². The van der Waals surface area contributed by atoms with Crippen LogP contribution in [-0.4, -0.2) is 33.8 Å². The van der Waals surface area contributed by atoms with Gasteiger partial charge >= 0.3 is 0 Å². The standard InChI is InChI=1S/C14H22N2O/c1-16(10-8-12-7-9-15-11-12)13-5-3-4-6-14(13)17-2/h3-6,12,15H,7-11H2,1-2H3. The van der Waals surface area contributed by atoms with Crippen LogP contribution in [0.5, 0.6) is 5.75 Å². The molecule has 1 aromatic carbocycles. The number of nitrogens with one attached hydrogen (secondary N) is 1. The summed E-state index contributed by atoms with van der Waals surface area (Å²) in [6.07, 6.45) is 2.57. The first kappa shape index (κ1) is 12.2. The molecule has 94 valence electrons. The molecule has 1 fully saturated rings. The number of hydrogen-bond donors (Lipinski definition) is 1. The molecule has 3 heteroatoms.